The third kappa shape index (κ3) is 3.39. The first-order chi connectivity index (χ1) is 9.61. The molecule has 4 heteroatoms. The number of amides is 1. The molecule has 20 heavy (non-hydrogen) atoms. The van der Waals surface area contributed by atoms with E-state index in [2.05, 4.69) is 30.2 Å². The second-order valence-electron chi connectivity index (χ2n) is 5.51. The van der Waals surface area contributed by atoms with Gasteiger partial charge in [0.25, 0.3) is 0 Å². The molecule has 1 atom stereocenters. The first-order valence-corrected chi connectivity index (χ1v) is 7.16. The summed E-state index contributed by atoms with van der Waals surface area (Å²) in [4.78, 5) is 15.2. The van der Waals surface area contributed by atoms with Crippen molar-refractivity contribution in [3.8, 4) is 0 Å². The number of hydrogen-bond acceptors (Lipinski definition) is 2. The average molecular weight is 273 g/mol. The van der Waals surface area contributed by atoms with Crippen LogP contribution in [0, 0.1) is 5.92 Å². The average Bonchev–Trinajstić information content (AvgIpc) is 2.85. The lowest BCUT2D eigenvalue weighted by Crippen LogP contribution is -2.43. The van der Waals surface area contributed by atoms with Crippen LogP contribution in [-0.2, 0) is 11.2 Å². The van der Waals surface area contributed by atoms with Crippen LogP contribution in [-0.4, -0.2) is 23.5 Å². The SMILES string of the molecule is CC(C)C(CN)NC(=O)CCc1c[nH]c2ccccc12. The zero-order valence-electron chi connectivity index (χ0n) is 12.1. The summed E-state index contributed by atoms with van der Waals surface area (Å²) in [6.07, 6.45) is 3.22. The van der Waals surface area contributed by atoms with Crippen molar-refractivity contribution in [1.82, 2.24) is 10.3 Å². The maximum atomic E-state index is 12.0. The number of fused-ring (bicyclic) bond motifs is 1. The molecule has 0 spiro atoms. The highest BCUT2D eigenvalue weighted by atomic mass is 16.1. The van der Waals surface area contributed by atoms with Crippen molar-refractivity contribution < 1.29 is 4.79 Å². The number of nitrogens with one attached hydrogen (secondary N) is 2. The molecule has 4 nitrogen and oxygen atoms in total. The third-order valence-electron chi connectivity index (χ3n) is 3.70. The summed E-state index contributed by atoms with van der Waals surface area (Å²) in [6, 6.07) is 8.20. The van der Waals surface area contributed by atoms with E-state index in [0.717, 1.165) is 11.9 Å². The van der Waals surface area contributed by atoms with E-state index in [4.69, 9.17) is 5.73 Å². The minimum atomic E-state index is 0.0606. The number of para-hydroxylation sites is 1. The standard InChI is InChI=1S/C16H23N3O/c1-11(2)15(9-17)19-16(20)8-7-12-10-18-14-6-4-3-5-13(12)14/h3-6,10-11,15,18H,7-9,17H2,1-2H3,(H,19,20). The van der Waals surface area contributed by atoms with Crippen molar-refractivity contribution in [2.24, 2.45) is 11.7 Å². The van der Waals surface area contributed by atoms with Gasteiger partial charge in [-0.2, -0.15) is 0 Å². The molecular formula is C16H23N3O. The van der Waals surface area contributed by atoms with Crippen LogP contribution < -0.4 is 11.1 Å². The van der Waals surface area contributed by atoms with Gasteiger partial charge in [-0.3, -0.25) is 4.79 Å². The molecule has 1 aromatic carbocycles. The van der Waals surface area contributed by atoms with Gasteiger partial charge < -0.3 is 16.0 Å². The Morgan fingerprint density at radius 2 is 2.10 bits per heavy atom. The number of aromatic nitrogens is 1. The van der Waals surface area contributed by atoms with Gasteiger partial charge in [-0.25, -0.2) is 0 Å². The van der Waals surface area contributed by atoms with E-state index in [1.54, 1.807) is 0 Å². The van der Waals surface area contributed by atoms with Crippen molar-refractivity contribution in [2.45, 2.75) is 32.7 Å². The molecule has 1 heterocycles. The number of hydrogen-bond donors (Lipinski definition) is 3. The molecule has 0 saturated carbocycles. The molecule has 0 aliphatic heterocycles. The molecule has 108 valence electrons. The molecule has 1 aromatic heterocycles. The Hall–Kier alpha value is -1.81. The number of rotatable bonds is 6. The maximum Gasteiger partial charge on any atom is 0.220 e. The lowest BCUT2D eigenvalue weighted by molar-refractivity contribution is -0.122. The molecule has 1 unspecified atom stereocenters. The van der Waals surface area contributed by atoms with Crippen LogP contribution in [0.15, 0.2) is 30.5 Å². The largest absolute Gasteiger partial charge is 0.361 e. The summed E-state index contributed by atoms with van der Waals surface area (Å²) in [6.45, 7) is 4.62. The van der Waals surface area contributed by atoms with E-state index >= 15 is 0 Å². The van der Waals surface area contributed by atoms with Crippen molar-refractivity contribution in [2.75, 3.05) is 6.54 Å². The normalized spacial score (nSPS) is 12.8. The van der Waals surface area contributed by atoms with Crippen molar-refractivity contribution in [1.29, 1.82) is 0 Å². The first-order valence-electron chi connectivity index (χ1n) is 7.16. The van der Waals surface area contributed by atoms with E-state index < -0.39 is 0 Å². The fraction of sp³-hybridized carbons (Fsp3) is 0.438. The number of aryl methyl sites for hydroxylation is 1. The van der Waals surface area contributed by atoms with Gasteiger partial charge in [0.05, 0.1) is 0 Å². The second-order valence-corrected chi connectivity index (χ2v) is 5.51. The monoisotopic (exact) mass is 273 g/mol. The van der Waals surface area contributed by atoms with Crippen LogP contribution in [0.25, 0.3) is 10.9 Å². The van der Waals surface area contributed by atoms with Gasteiger partial charge in [0.15, 0.2) is 0 Å². The van der Waals surface area contributed by atoms with Crippen LogP contribution in [0.1, 0.15) is 25.8 Å². The maximum absolute atomic E-state index is 12.0. The van der Waals surface area contributed by atoms with E-state index in [-0.39, 0.29) is 11.9 Å². The van der Waals surface area contributed by atoms with Crippen molar-refractivity contribution in [3.05, 3.63) is 36.0 Å². The highest BCUT2D eigenvalue weighted by Gasteiger charge is 2.14. The number of H-pyrrole nitrogens is 1. The molecule has 0 aliphatic rings. The van der Waals surface area contributed by atoms with Gasteiger partial charge in [0, 0.05) is 36.1 Å². The molecule has 0 fully saturated rings. The van der Waals surface area contributed by atoms with Crippen LogP contribution in [0.2, 0.25) is 0 Å². The molecule has 2 aromatic rings. The Kier molecular flexibility index (Phi) is 4.79. The lowest BCUT2D eigenvalue weighted by atomic mass is 10.0. The van der Waals surface area contributed by atoms with E-state index in [9.17, 15) is 4.79 Å². The Balaban J connectivity index is 1.93. The van der Waals surface area contributed by atoms with Crippen LogP contribution in [0.3, 0.4) is 0 Å². The van der Waals surface area contributed by atoms with Crippen molar-refractivity contribution >= 4 is 16.8 Å². The number of nitrogens with two attached hydrogens (primary N) is 1. The van der Waals surface area contributed by atoms with Gasteiger partial charge in [0.1, 0.15) is 0 Å². The molecule has 4 N–H and O–H groups in total. The Morgan fingerprint density at radius 3 is 2.80 bits per heavy atom. The second kappa shape index (κ2) is 6.57. The van der Waals surface area contributed by atoms with Gasteiger partial charge in [-0.15, -0.1) is 0 Å². The first kappa shape index (κ1) is 14.6. The van der Waals surface area contributed by atoms with Gasteiger partial charge in [-0.1, -0.05) is 32.0 Å². The minimum absolute atomic E-state index is 0.0606. The van der Waals surface area contributed by atoms with Crippen LogP contribution in [0.5, 0.6) is 0 Å². The summed E-state index contributed by atoms with van der Waals surface area (Å²) in [5, 5.41) is 4.20. The van der Waals surface area contributed by atoms with E-state index in [1.165, 1.54) is 10.9 Å². The lowest BCUT2D eigenvalue weighted by Gasteiger charge is -2.20. The Bertz CT molecular complexity index is 574. The summed E-state index contributed by atoms with van der Waals surface area (Å²) in [5.41, 5.74) is 7.97. The fourth-order valence-electron chi connectivity index (χ4n) is 2.36. The molecule has 0 radical (unpaired) electrons. The predicted octanol–water partition coefficient (Wildman–Crippen LogP) is 2.20. The van der Waals surface area contributed by atoms with E-state index in [1.807, 2.05) is 24.4 Å². The summed E-state index contributed by atoms with van der Waals surface area (Å²) >= 11 is 0. The van der Waals surface area contributed by atoms with Crippen LogP contribution >= 0.6 is 0 Å². The summed E-state index contributed by atoms with van der Waals surface area (Å²) in [5.74, 6) is 0.427. The molecule has 0 saturated heterocycles. The zero-order chi connectivity index (χ0) is 14.5. The number of benzene rings is 1. The Morgan fingerprint density at radius 1 is 1.35 bits per heavy atom. The van der Waals surface area contributed by atoms with Crippen molar-refractivity contribution in [3.63, 3.8) is 0 Å². The number of carbonyl (C=O) groups is 1. The van der Waals surface area contributed by atoms with Gasteiger partial charge >= 0.3 is 0 Å². The number of carbonyl (C=O) groups excluding carboxylic acids is 1. The zero-order valence-corrected chi connectivity index (χ0v) is 12.1. The topological polar surface area (TPSA) is 70.9 Å². The minimum Gasteiger partial charge on any atom is -0.361 e. The smallest absolute Gasteiger partial charge is 0.220 e. The van der Waals surface area contributed by atoms with Gasteiger partial charge in [0.2, 0.25) is 5.91 Å². The molecule has 0 bridgehead atoms. The van der Waals surface area contributed by atoms with E-state index in [0.29, 0.717) is 18.9 Å². The number of aromatic amines is 1. The highest BCUT2D eigenvalue weighted by molar-refractivity contribution is 5.84. The highest BCUT2D eigenvalue weighted by Crippen LogP contribution is 2.18. The molecule has 0 aliphatic carbocycles. The Labute approximate surface area is 119 Å². The predicted molar refractivity (Wildman–Crippen MR) is 82.4 cm³/mol. The molecule has 2 rings (SSSR count). The third-order valence-corrected chi connectivity index (χ3v) is 3.70. The molecular weight excluding hydrogens is 250 g/mol. The molecule has 1 amide bonds. The van der Waals surface area contributed by atoms with Gasteiger partial charge in [-0.05, 0) is 24.0 Å². The summed E-state index contributed by atoms with van der Waals surface area (Å²) in [7, 11) is 0. The quantitative estimate of drug-likeness (QED) is 0.755. The summed E-state index contributed by atoms with van der Waals surface area (Å²) < 4.78 is 0. The van der Waals surface area contributed by atoms with Crippen LogP contribution in [0.4, 0.5) is 0 Å². The fourth-order valence-corrected chi connectivity index (χ4v) is 2.36.